The summed E-state index contributed by atoms with van der Waals surface area (Å²) in [6.07, 6.45) is 1.47. The molecule has 0 spiro atoms. The van der Waals surface area contributed by atoms with Crippen molar-refractivity contribution in [3.8, 4) is 5.75 Å². The summed E-state index contributed by atoms with van der Waals surface area (Å²) in [5.74, 6) is 0.294. The average molecular weight is 206 g/mol. The molecule has 2 aliphatic rings. The van der Waals surface area contributed by atoms with Crippen LogP contribution in [0.3, 0.4) is 0 Å². The number of carbonyl (C=O) groups excluding carboxylic acids is 1. The topological polar surface area (TPSA) is 74.3 Å². The first-order valence-corrected chi connectivity index (χ1v) is 4.90. The van der Waals surface area contributed by atoms with Crippen LogP contribution in [0.1, 0.15) is 16.8 Å². The van der Waals surface area contributed by atoms with Gasteiger partial charge in [-0.05, 0) is 30.7 Å². The summed E-state index contributed by atoms with van der Waals surface area (Å²) in [6, 6.07) is 8.64. The fraction of sp³-hybridized carbons (Fsp3) is 0.364. The molecular weight excluding hydrogens is 192 g/mol. The van der Waals surface area contributed by atoms with Gasteiger partial charge < -0.3 is 15.8 Å². The Morgan fingerprint density at radius 2 is 1.87 bits per heavy atom. The number of methoxy groups -OCH3 is 1. The van der Waals surface area contributed by atoms with Crippen molar-refractivity contribution in [1.29, 1.82) is 0 Å². The van der Waals surface area contributed by atoms with Crippen molar-refractivity contribution in [2.45, 2.75) is 18.5 Å². The molecule has 2 fully saturated rings. The van der Waals surface area contributed by atoms with Crippen LogP contribution in [0.5, 0.6) is 5.75 Å². The smallest absolute Gasteiger partial charge is 0.248 e. The van der Waals surface area contributed by atoms with Crippen LogP contribution in [0, 0.1) is 0 Å². The number of nitrogens with one attached hydrogen (secondary N) is 1. The van der Waals surface area contributed by atoms with E-state index in [0.717, 1.165) is 17.8 Å². The van der Waals surface area contributed by atoms with E-state index in [1.54, 1.807) is 31.4 Å². The molecule has 2 atom stereocenters. The lowest BCUT2D eigenvalue weighted by molar-refractivity contribution is 0.100. The van der Waals surface area contributed by atoms with Crippen molar-refractivity contribution in [2.24, 2.45) is 5.73 Å². The number of ether oxygens (including phenoxy) is 1. The first-order chi connectivity index (χ1) is 7.20. The van der Waals surface area contributed by atoms with Crippen molar-refractivity contribution >= 4 is 5.91 Å². The molecule has 0 bridgehead atoms. The van der Waals surface area contributed by atoms with Gasteiger partial charge in [0.25, 0.3) is 0 Å². The van der Waals surface area contributed by atoms with E-state index in [4.69, 9.17) is 10.5 Å². The highest BCUT2D eigenvalue weighted by Crippen LogP contribution is 2.35. The standard InChI is InChI=1S/C8H9NO2.C3H5N/c1-11-7-4-2-6(3-5-7)8(9)10;1-2-3(1)4-2/h2-5H,1H3,(H2,9,10);2-4H,1H2. The van der Waals surface area contributed by atoms with Gasteiger partial charge in [0.1, 0.15) is 5.75 Å². The number of fused-ring (bicyclic) bond motifs is 1. The molecule has 1 aromatic rings. The number of hydrogen-bond acceptors (Lipinski definition) is 3. The summed E-state index contributed by atoms with van der Waals surface area (Å²) in [5.41, 5.74) is 5.52. The maximum absolute atomic E-state index is 10.6. The van der Waals surface area contributed by atoms with Crippen molar-refractivity contribution in [2.75, 3.05) is 7.11 Å². The fourth-order valence-electron chi connectivity index (χ4n) is 1.15. The minimum absolute atomic E-state index is 0.423. The van der Waals surface area contributed by atoms with Gasteiger partial charge in [-0.15, -0.1) is 0 Å². The Hall–Kier alpha value is -1.55. The predicted octanol–water partition coefficient (Wildman–Crippen LogP) is 0.525. The van der Waals surface area contributed by atoms with Crippen LogP contribution >= 0.6 is 0 Å². The summed E-state index contributed by atoms with van der Waals surface area (Å²) < 4.78 is 4.90. The van der Waals surface area contributed by atoms with E-state index >= 15 is 0 Å². The van der Waals surface area contributed by atoms with Crippen molar-refractivity contribution in [3.05, 3.63) is 29.8 Å². The van der Waals surface area contributed by atoms with Gasteiger partial charge in [-0.1, -0.05) is 0 Å². The molecule has 3 N–H and O–H groups in total. The minimum Gasteiger partial charge on any atom is -0.497 e. The first-order valence-electron chi connectivity index (χ1n) is 4.90. The Labute approximate surface area is 88.4 Å². The number of benzene rings is 1. The lowest BCUT2D eigenvalue weighted by atomic mass is 10.2. The monoisotopic (exact) mass is 206 g/mol. The van der Waals surface area contributed by atoms with Gasteiger partial charge in [-0.2, -0.15) is 0 Å². The number of amides is 1. The molecule has 4 heteroatoms. The molecule has 80 valence electrons. The van der Waals surface area contributed by atoms with Crippen molar-refractivity contribution in [3.63, 3.8) is 0 Å². The number of carbonyl (C=O) groups is 1. The van der Waals surface area contributed by atoms with Crippen LogP contribution in [0.15, 0.2) is 24.3 Å². The second-order valence-electron chi connectivity index (χ2n) is 3.71. The van der Waals surface area contributed by atoms with Crippen LogP contribution in [-0.4, -0.2) is 25.1 Å². The molecule has 2 unspecified atom stereocenters. The third kappa shape index (κ3) is 2.70. The summed E-state index contributed by atoms with van der Waals surface area (Å²) >= 11 is 0. The molecule has 1 saturated heterocycles. The van der Waals surface area contributed by atoms with E-state index in [0.29, 0.717) is 5.56 Å². The van der Waals surface area contributed by atoms with E-state index in [-0.39, 0.29) is 0 Å². The summed E-state index contributed by atoms with van der Waals surface area (Å²) in [5, 5.41) is 3.19. The maximum Gasteiger partial charge on any atom is 0.248 e. The number of nitrogens with two attached hydrogens (primary N) is 1. The first kappa shape index (κ1) is 9.98. The molecule has 0 radical (unpaired) electrons. The molecule has 0 aromatic heterocycles. The molecule has 3 rings (SSSR count). The molecular formula is C11H14N2O2. The average Bonchev–Trinajstić information content (AvgIpc) is 3.07. The lowest BCUT2D eigenvalue weighted by Gasteiger charge is -1.98. The third-order valence-corrected chi connectivity index (χ3v) is 2.48. The summed E-state index contributed by atoms with van der Waals surface area (Å²) in [4.78, 5) is 10.6. The largest absolute Gasteiger partial charge is 0.497 e. The summed E-state index contributed by atoms with van der Waals surface area (Å²) in [7, 11) is 1.57. The van der Waals surface area contributed by atoms with Crippen LogP contribution in [0.25, 0.3) is 0 Å². The highest BCUT2D eigenvalue weighted by Gasteiger charge is 2.52. The quantitative estimate of drug-likeness (QED) is 0.693. The maximum atomic E-state index is 10.6. The van der Waals surface area contributed by atoms with E-state index in [1.165, 1.54) is 6.42 Å². The Bertz CT molecular complexity index is 349. The Balaban J connectivity index is 0.000000171. The molecule has 1 heterocycles. The van der Waals surface area contributed by atoms with E-state index in [1.807, 2.05) is 0 Å². The Kier molecular flexibility index (Phi) is 2.60. The number of hydrogen-bond donors (Lipinski definition) is 2. The van der Waals surface area contributed by atoms with Gasteiger partial charge in [0.2, 0.25) is 5.91 Å². The zero-order valence-electron chi connectivity index (χ0n) is 8.57. The molecule has 1 aromatic carbocycles. The molecule has 1 aliphatic heterocycles. The van der Waals surface area contributed by atoms with E-state index < -0.39 is 5.91 Å². The normalized spacial score (nSPS) is 24.3. The Morgan fingerprint density at radius 1 is 1.40 bits per heavy atom. The van der Waals surface area contributed by atoms with Gasteiger partial charge in [-0.25, -0.2) is 0 Å². The fourth-order valence-corrected chi connectivity index (χ4v) is 1.15. The number of rotatable bonds is 2. The highest BCUT2D eigenvalue weighted by molar-refractivity contribution is 5.92. The van der Waals surface area contributed by atoms with E-state index in [9.17, 15) is 4.79 Å². The molecule has 4 nitrogen and oxygen atoms in total. The van der Waals surface area contributed by atoms with Gasteiger partial charge in [0.15, 0.2) is 0 Å². The van der Waals surface area contributed by atoms with Gasteiger partial charge >= 0.3 is 0 Å². The molecule has 1 saturated carbocycles. The molecule has 15 heavy (non-hydrogen) atoms. The van der Waals surface area contributed by atoms with Crippen LogP contribution in [0.2, 0.25) is 0 Å². The van der Waals surface area contributed by atoms with Crippen LogP contribution in [0.4, 0.5) is 0 Å². The summed E-state index contributed by atoms with van der Waals surface area (Å²) in [6.45, 7) is 0. The van der Waals surface area contributed by atoms with Crippen LogP contribution < -0.4 is 15.8 Å². The molecule has 1 aliphatic carbocycles. The minimum atomic E-state index is -0.423. The zero-order chi connectivity index (χ0) is 10.8. The predicted molar refractivity (Wildman–Crippen MR) is 56.8 cm³/mol. The van der Waals surface area contributed by atoms with Gasteiger partial charge in [0.05, 0.1) is 7.11 Å². The zero-order valence-corrected chi connectivity index (χ0v) is 8.57. The Morgan fingerprint density at radius 3 is 2.13 bits per heavy atom. The van der Waals surface area contributed by atoms with Gasteiger partial charge in [0, 0.05) is 17.6 Å². The lowest BCUT2D eigenvalue weighted by Crippen LogP contribution is -2.10. The number of primary amides is 1. The van der Waals surface area contributed by atoms with Gasteiger partial charge in [-0.3, -0.25) is 4.79 Å². The van der Waals surface area contributed by atoms with Crippen molar-refractivity contribution in [1.82, 2.24) is 5.32 Å². The van der Waals surface area contributed by atoms with Crippen LogP contribution in [-0.2, 0) is 0 Å². The van der Waals surface area contributed by atoms with E-state index in [2.05, 4.69) is 5.32 Å². The SMILES string of the molecule is C1C2NC12.COc1ccc(C(N)=O)cc1. The third-order valence-electron chi connectivity index (χ3n) is 2.48. The van der Waals surface area contributed by atoms with Crippen molar-refractivity contribution < 1.29 is 9.53 Å². The highest BCUT2D eigenvalue weighted by atomic mass is 16.5. The molecule has 1 amide bonds. The second-order valence-corrected chi connectivity index (χ2v) is 3.71. The second kappa shape index (κ2) is 3.90.